The Kier molecular flexibility index (Phi) is 7.38. The first kappa shape index (κ1) is 24.0. The third kappa shape index (κ3) is 5.03. The summed E-state index contributed by atoms with van der Waals surface area (Å²) in [7, 11) is 0. The second-order valence-electron chi connectivity index (χ2n) is 8.22. The number of aliphatic hydroxyl groups is 1. The topological polar surface area (TPSA) is 92.7 Å². The van der Waals surface area contributed by atoms with Gasteiger partial charge in [-0.25, -0.2) is 9.18 Å². The number of aryl methyl sites for hydroxylation is 1. The largest absolute Gasteiger partial charge is 0.464 e. The number of fused-ring (bicyclic) bond motifs is 2. The molecule has 4 aromatic rings. The molecule has 0 fully saturated rings. The molecule has 6 nitrogen and oxygen atoms in total. The van der Waals surface area contributed by atoms with E-state index < -0.39 is 5.63 Å². The van der Waals surface area contributed by atoms with Crippen molar-refractivity contribution in [2.24, 2.45) is 0 Å². The number of hydrogen-bond acceptors (Lipinski definition) is 6. The van der Waals surface area contributed by atoms with Crippen LogP contribution in [-0.4, -0.2) is 35.7 Å². The highest BCUT2D eigenvalue weighted by atomic mass is 32.2. The molecule has 178 valence electrons. The van der Waals surface area contributed by atoms with Gasteiger partial charge in [0, 0.05) is 34.4 Å². The number of halogens is 1. The normalized spacial score (nSPS) is 12.4. The van der Waals surface area contributed by atoms with Crippen molar-refractivity contribution >= 4 is 39.6 Å². The summed E-state index contributed by atoms with van der Waals surface area (Å²) >= 11 is 1.65. The molecule has 34 heavy (non-hydrogen) atoms. The van der Waals surface area contributed by atoms with Crippen LogP contribution < -0.4 is 10.9 Å². The number of nitrogens with one attached hydrogen (secondary N) is 1. The lowest BCUT2D eigenvalue weighted by molar-refractivity contribution is -0.122. The highest BCUT2D eigenvalue weighted by molar-refractivity contribution is 7.98. The average molecular weight is 484 g/mol. The van der Waals surface area contributed by atoms with Crippen molar-refractivity contribution in [3.8, 4) is 11.1 Å². The van der Waals surface area contributed by atoms with Gasteiger partial charge < -0.3 is 19.3 Å². The van der Waals surface area contributed by atoms with Gasteiger partial charge in [0.25, 0.3) is 0 Å². The summed E-state index contributed by atoms with van der Waals surface area (Å²) in [6.45, 7) is 1.71. The van der Waals surface area contributed by atoms with Crippen molar-refractivity contribution in [1.29, 1.82) is 0 Å². The fourth-order valence-corrected chi connectivity index (χ4v) is 4.58. The first-order chi connectivity index (χ1) is 16.4. The molecule has 1 atom stereocenters. The van der Waals surface area contributed by atoms with Gasteiger partial charge >= 0.3 is 5.63 Å². The summed E-state index contributed by atoms with van der Waals surface area (Å²) in [5.74, 6) is 0.298. The molecule has 0 bridgehead atoms. The number of aliphatic hydroxyl groups excluding tert-OH is 1. The fourth-order valence-electron chi connectivity index (χ4n) is 4.06. The lowest BCUT2D eigenvalue weighted by atomic mass is 9.99. The van der Waals surface area contributed by atoms with Crippen LogP contribution in [0.4, 0.5) is 4.39 Å². The lowest BCUT2D eigenvalue weighted by Gasteiger charge is -2.16. The predicted octanol–water partition coefficient (Wildman–Crippen LogP) is 4.82. The van der Waals surface area contributed by atoms with Gasteiger partial charge in [-0.05, 0) is 61.1 Å². The van der Waals surface area contributed by atoms with E-state index in [4.69, 9.17) is 8.83 Å². The average Bonchev–Trinajstić information content (AvgIpc) is 3.23. The van der Waals surface area contributed by atoms with Crippen molar-refractivity contribution in [1.82, 2.24) is 5.32 Å². The monoisotopic (exact) mass is 483 g/mol. The van der Waals surface area contributed by atoms with Gasteiger partial charge in [0.2, 0.25) is 5.91 Å². The van der Waals surface area contributed by atoms with E-state index in [2.05, 4.69) is 5.32 Å². The SMILES string of the molecule is CSCC[C@@H](CO)NC(=O)CCc1c(C)c2cc3c(-c4ccc(F)cc4)coc3cc2oc1=O. The molecule has 0 saturated carbocycles. The van der Waals surface area contributed by atoms with Gasteiger partial charge in [-0.15, -0.1) is 0 Å². The third-order valence-electron chi connectivity index (χ3n) is 5.99. The van der Waals surface area contributed by atoms with Crippen LogP contribution in [0, 0.1) is 12.7 Å². The summed E-state index contributed by atoms with van der Waals surface area (Å²) in [6.07, 6.45) is 4.59. The van der Waals surface area contributed by atoms with E-state index in [0.717, 1.165) is 33.2 Å². The third-order valence-corrected chi connectivity index (χ3v) is 6.64. The van der Waals surface area contributed by atoms with Crippen molar-refractivity contribution in [3.05, 3.63) is 70.0 Å². The summed E-state index contributed by atoms with van der Waals surface area (Å²) in [4.78, 5) is 25.1. The van der Waals surface area contributed by atoms with Crippen LogP contribution in [0.1, 0.15) is 24.0 Å². The lowest BCUT2D eigenvalue weighted by Crippen LogP contribution is -2.38. The minimum Gasteiger partial charge on any atom is -0.464 e. The van der Waals surface area contributed by atoms with E-state index in [1.165, 1.54) is 12.1 Å². The molecular weight excluding hydrogens is 457 g/mol. The first-order valence-corrected chi connectivity index (χ1v) is 12.4. The van der Waals surface area contributed by atoms with Gasteiger partial charge in [-0.2, -0.15) is 11.8 Å². The Morgan fingerprint density at radius 1 is 1.18 bits per heavy atom. The number of hydrogen-bond donors (Lipinski definition) is 2. The van der Waals surface area contributed by atoms with E-state index in [1.807, 2.05) is 19.2 Å². The Bertz CT molecular complexity index is 1380. The second kappa shape index (κ2) is 10.4. The molecule has 0 unspecified atom stereocenters. The van der Waals surface area contributed by atoms with E-state index in [9.17, 15) is 19.1 Å². The maximum atomic E-state index is 13.4. The van der Waals surface area contributed by atoms with E-state index in [1.54, 1.807) is 36.2 Å². The summed E-state index contributed by atoms with van der Waals surface area (Å²) in [6, 6.07) is 9.44. The molecule has 0 spiro atoms. The molecule has 1 amide bonds. The molecule has 2 aromatic carbocycles. The number of benzene rings is 2. The quantitative estimate of drug-likeness (QED) is 0.332. The van der Waals surface area contributed by atoms with E-state index in [-0.39, 0.29) is 37.2 Å². The Balaban J connectivity index is 1.62. The van der Waals surface area contributed by atoms with Crippen molar-refractivity contribution in [2.75, 3.05) is 18.6 Å². The molecule has 0 saturated heterocycles. The zero-order valence-electron chi connectivity index (χ0n) is 19.0. The summed E-state index contributed by atoms with van der Waals surface area (Å²) in [5.41, 5.74) is 3.29. The maximum absolute atomic E-state index is 13.4. The van der Waals surface area contributed by atoms with Crippen LogP contribution in [0.3, 0.4) is 0 Å². The number of furan rings is 1. The highest BCUT2D eigenvalue weighted by Gasteiger charge is 2.18. The zero-order valence-corrected chi connectivity index (χ0v) is 19.8. The van der Waals surface area contributed by atoms with Crippen LogP contribution in [0.5, 0.6) is 0 Å². The van der Waals surface area contributed by atoms with Gasteiger partial charge in [-0.1, -0.05) is 12.1 Å². The molecule has 2 aromatic heterocycles. The Morgan fingerprint density at radius 3 is 2.65 bits per heavy atom. The number of carbonyl (C=O) groups is 1. The molecule has 0 aliphatic heterocycles. The molecule has 2 heterocycles. The van der Waals surface area contributed by atoms with Gasteiger partial charge in [0.05, 0.1) is 18.9 Å². The molecule has 8 heteroatoms. The van der Waals surface area contributed by atoms with Crippen LogP contribution in [0.15, 0.2) is 56.3 Å². The maximum Gasteiger partial charge on any atom is 0.339 e. The van der Waals surface area contributed by atoms with Crippen LogP contribution >= 0.6 is 11.8 Å². The summed E-state index contributed by atoms with van der Waals surface area (Å²) in [5, 5.41) is 13.9. The van der Waals surface area contributed by atoms with Gasteiger partial charge in [0.1, 0.15) is 17.0 Å². The van der Waals surface area contributed by atoms with Crippen LogP contribution in [0.25, 0.3) is 33.1 Å². The first-order valence-electron chi connectivity index (χ1n) is 11.0. The molecular formula is C26H26FNO5S. The number of rotatable bonds is 9. The Hall–Kier alpha value is -3.10. The van der Waals surface area contributed by atoms with E-state index >= 15 is 0 Å². The minimum absolute atomic E-state index is 0.113. The molecule has 0 radical (unpaired) electrons. The summed E-state index contributed by atoms with van der Waals surface area (Å²) < 4.78 is 24.6. The van der Waals surface area contributed by atoms with Gasteiger partial charge in [0.15, 0.2) is 0 Å². The smallest absolute Gasteiger partial charge is 0.339 e. The fraction of sp³-hybridized carbons (Fsp3) is 0.308. The van der Waals surface area contributed by atoms with Crippen molar-refractivity contribution < 1.29 is 23.1 Å². The molecule has 4 rings (SSSR count). The Morgan fingerprint density at radius 2 is 1.94 bits per heavy atom. The molecule has 0 aliphatic carbocycles. The Labute approximate surface area is 200 Å². The van der Waals surface area contributed by atoms with Gasteiger partial charge in [-0.3, -0.25) is 4.79 Å². The standard InChI is InChI=1S/C26H26FNO5S/c1-15-19(7-8-25(30)28-18(13-29)9-10-34-2)26(31)33-24-12-23-21(11-20(15)24)22(14-32-23)16-3-5-17(27)6-4-16/h3-6,11-12,14,18,29H,7-10,13H2,1-2H3,(H,28,30)/t18-/m0/s1. The number of carbonyl (C=O) groups excluding carboxylic acids is 1. The minimum atomic E-state index is -0.483. The van der Waals surface area contributed by atoms with Crippen molar-refractivity contribution in [2.45, 2.75) is 32.2 Å². The van der Waals surface area contributed by atoms with Crippen LogP contribution in [-0.2, 0) is 11.2 Å². The molecule has 2 N–H and O–H groups in total. The van der Waals surface area contributed by atoms with E-state index in [0.29, 0.717) is 23.2 Å². The number of thioether (sulfide) groups is 1. The van der Waals surface area contributed by atoms with Crippen molar-refractivity contribution in [3.63, 3.8) is 0 Å². The van der Waals surface area contributed by atoms with Crippen LogP contribution in [0.2, 0.25) is 0 Å². The highest BCUT2D eigenvalue weighted by Crippen LogP contribution is 2.34. The number of amides is 1. The predicted molar refractivity (Wildman–Crippen MR) is 133 cm³/mol. The zero-order chi connectivity index (χ0) is 24.2. The molecule has 0 aliphatic rings. The second-order valence-corrected chi connectivity index (χ2v) is 9.21.